The molecule has 5 heteroatoms. The highest BCUT2D eigenvalue weighted by atomic mass is 16.5. The van der Waals surface area contributed by atoms with Crippen molar-refractivity contribution in [3.05, 3.63) is 65.5 Å². The van der Waals surface area contributed by atoms with Gasteiger partial charge in [0, 0.05) is 12.0 Å². The van der Waals surface area contributed by atoms with Crippen molar-refractivity contribution in [1.29, 1.82) is 0 Å². The first-order valence-electron chi connectivity index (χ1n) is 8.52. The Kier molecular flexibility index (Phi) is 5.46. The molecule has 5 nitrogen and oxygen atoms in total. The number of hydrogen-bond donors (Lipinski definition) is 2. The Morgan fingerprint density at radius 1 is 1.16 bits per heavy atom. The number of rotatable bonds is 7. The number of hydrogen-bond acceptors (Lipinski definition) is 4. The summed E-state index contributed by atoms with van der Waals surface area (Å²) in [6.45, 7) is 2.06. The predicted molar refractivity (Wildman–Crippen MR) is 96.2 cm³/mol. The first kappa shape index (κ1) is 17.2. The predicted octanol–water partition coefficient (Wildman–Crippen LogP) is 3.33. The van der Waals surface area contributed by atoms with Gasteiger partial charge in [0.2, 0.25) is 0 Å². The Labute approximate surface area is 146 Å². The van der Waals surface area contributed by atoms with E-state index in [0.717, 1.165) is 24.2 Å². The maximum Gasteiger partial charge on any atom is 0.308 e. The number of aliphatic hydroxyl groups is 1. The van der Waals surface area contributed by atoms with Gasteiger partial charge in [-0.1, -0.05) is 42.5 Å². The van der Waals surface area contributed by atoms with Crippen LogP contribution >= 0.6 is 0 Å². The van der Waals surface area contributed by atoms with Crippen molar-refractivity contribution >= 4 is 17.0 Å². The normalized spacial score (nSPS) is 12.2. The fourth-order valence-electron chi connectivity index (χ4n) is 2.89. The van der Waals surface area contributed by atoms with Crippen molar-refractivity contribution in [2.75, 3.05) is 6.61 Å². The maximum absolute atomic E-state index is 11.6. The summed E-state index contributed by atoms with van der Waals surface area (Å²) in [6, 6.07) is 15.8. The van der Waals surface area contributed by atoms with Gasteiger partial charge in [0.15, 0.2) is 0 Å². The number of fused-ring (bicyclic) bond motifs is 1. The maximum atomic E-state index is 11.6. The van der Waals surface area contributed by atoms with E-state index in [0.29, 0.717) is 17.7 Å². The molecule has 2 aromatic carbocycles. The van der Waals surface area contributed by atoms with E-state index >= 15 is 0 Å². The van der Waals surface area contributed by atoms with E-state index in [2.05, 4.69) is 22.1 Å². The van der Waals surface area contributed by atoms with Crippen LogP contribution in [0.5, 0.6) is 0 Å². The molecule has 0 radical (unpaired) electrons. The molecule has 3 rings (SSSR count). The number of nitrogens with one attached hydrogen (secondary N) is 1. The molecule has 0 aliphatic rings. The zero-order valence-corrected chi connectivity index (χ0v) is 14.2. The molecule has 1 aromatic heterocycles. The smallest absolute Gasteiger partial charge is 0.308 e. The number of para-hydroxylation sites is 1. The summed E-state index contributed by atoms with van der Waals surface area (Å²) >= 11 is 0. The quantitative estimate of drug-likeness (QED) is 0.648. The largest absolute Gasteiger partial charge is 0.466 e. The number of aromatic amines is 1. The van der Waals surface area contributed by atoms with Gasteiger partial charge in [0.25, 0.3) is 0 Å². The summed E-state index contributed by atoms with van der Waals surface area (Å²) in [5, 5.41) is 10.4. The van der Waals surface area contributed by atoms with Gasteiger partial charge in [-0.05, 0) is 25.0 Å². The van der Waals surface area contributed by atoms with Gasteiger partial charge in [0.05, 0.1) is 30.2 Å². The third kappa shape index (κ3) is 4.25. The lowest BCUT2D eigenvalue weighted by Crippen LogP contribution is -2.10. The van der Waals surface area contributed by atoms with Crippen LogP contribution in [0.2, 0.25) is 0 Å². The molecule has 0 amide bonds. The molecule has 0 aliphatic carbocycles. The van der Waals surface area contributed by atoms with E-state index in [-0.39, 0.29) is 6.42 Å². The molecule has 1 atom stereocenters. The molecule has 0 bridgehead atoms. The van der Waals surface area contributed by atoms with Crippen molar-refractivity contribution in [1.82, 2.24) is 9.97 Å². The lowest BCUT2D eigenvalue weighted by Gasteiger charge is -2.10. The van der Waals surface area contributed by atoms with E-state index in [1.165, 1.54) is 5.56 Å². The standard InChI is InChI=1S/C20H22N2O3/c1-2-25-19(24)13-17(23)15-9-6-10-16-20(15)22-18(21-16)12-11-14-7-4-3-5-8-14/h3-10,17,23H,2,11-13H2,1H3,(H,21,22)/t17-/m1/s1. The van der Waals surface area contributed by atoms with Gasteiger partial charge in [-0.25, -0.2) is 4.98 Å². The minimum Gasteiger partial charge on any atom is -0.466 e. The Hall–Kier alpha value is -2.66. The number of carbonyl (C=O) groups excluding carboxylic acids is 1. The molecular weight excluding hydrogens is 316 g/mol. The third-order valence-electron chi connectivity index (χ3n) is 4.11. The molecule has 0 spiro atoms. The third-order valence-corrected chi connectivity index (χ3v) is 4.11. The van der Waals surface area contributed by atoms with Crippen LogP contribution in [0, 0.1) is 0 Å². The second-order valence-corrected chi connectivity index (χ2v) is 5.94. The Bertz CT molecular complexity index is 843. The van der Waals surface area contributed by atoms with Crippen molar-refractivity contribution in [3.63, 3.8) is 0 Å². The van der Waals surface area contributed by atoms with Crippen LogP contribution in [0.15, 0.2) is 48.5 Å². The lowest BCUT2D eigenvalue weighted by molar-refractivity contribution is -0.145. The molecule has 0 saturated heterocycles. The van der Waals surface area contributed by atoms with Crippen LogP contribution in [-0.4, -0.2) is 27.7 Å². The van der Waals surface area contributed by atoms with Gasteiger partial charge < -0.3 is 14.8 Å². The first-order valence-corrected chi connectivity index (χ1v) is 8.52. The second-order valence-electron chi connectivity index (χ2n) is 5.94. The number of imidazole rings is 1. The summed E-state index contributed by atoms with van der Waals surface area (Å²) < 4.78 is 4.91. The molecule has 2 N–H and O–H groups in total. The molecule has 1 heterocycles. The molecule has 3 aromatic rings. The molecule has 25 heavy (non-hydrogen) atoms. The number of carbonyl (C=O) groups is 1. The second kappa shape index (κ2) is 7.94. The highest BCUT2D eigenvalue weighted by molar-refractivity contribution is 5.80. The van der Waals surface area contributed by atoms with E-state index in [1.54, 1.807) is 13.0 Å². The van der Waals surface area contributed by atoms with Gasteiger partial charge >= 0.3 is 5.97 Å². The van der Waals surface area contributed by atoms with E-state index < -0.39 is 12.1 Å². The molecule has 0 aliphatic heterocycles. The SMILES string of the molecule is CCOC(=O)C[C@@H](O)c1cccc2[nH]c(CCc3ccccc3)nc12. The number of ether oxygens (including phenoxy) is 1. The summed E-state index contributed by atoms with van der Waals surface area (Å²) in [5.41, 5.74) is 3.48. The Balaban J connectivity index is 1.77. The van der Waals surface area contributed by atoms with Crippen molar-refractivity contribution in [2.45, 2.75) is 32.3 Å². The zero-order chi connectivity index (χ0) is 17.6. The monoisotopic (exact) mass is 338 g/mol. The topological polar surface area (TPSA) is 75.2 Å². The van der Waals surface area contributed by atoms with Crippen LogP contribution in [0.4, 0.5) is 0 Å². The van der Waals surface area contributed by atoms with Crippen LogP contribution in [-0.2, 0) is 22.4 Å². The van der Waals surface area contributed by atoms with E-state index in [1.807, 2.05) is 30.3 Å². The molecular formula is C20H22N2O3. The van der Waals surface area contributed by atoms with Crippen LogP contribution < -0.4 is 0 Å². The molecule has 0 saturated carbocycles. The fraction of sp³-hybridized carbons (Fsp3) is 0.300. The summed E-state index contributed by atoms with van der Waals surface area (Å²) in [5.74, 6) is 0.460. The number of aliphatic hydroxyl groups excluding tert-OH is 1. The molecule has 130 valence electrons. The molecule has 0 unspecified atom stereocenters. The van der Waals surface area contributed by atoms with Crippen LogP contribution in [0.25, 0.3) is 11.0 Å². The van der Waals surface area contributed by atoms with Crippen LogP contribution in [0.1, 0.15) is 36.4 Å². The number of H-pyrrole nitrogens is 1. The highest BCUT2D eigenvalue weighted by Gasteiger charge is 2.18. The summed E-state index contributed by atoms with van der Waals surface area (Å²) in [4.78, 5) is 19.6. The zero-order valence-electron chi connectivity index (χ0n) is 14.2. The van der Waals surface area contributed by atoms with Gasteiger partial charge in [-0.2, -0.15) is 0 Å². The minimum absolute atomic E-state index is 0.0703. The number of aryl methyl sites for hydroxylation is 2. The number of nitrogens with zero attached hydrogens (tertiary/aromatic N) is 1. The van der Waals surface area contributed by atoms with Crippen molar-refractivity contribution in [2.24, 2.45) is 0 Å². The van der Waals surface area contributed by atoms with Crippen LogP contribution in [0.3, 0.4) is 0 Å². The van der Waals surface area contributed by atoms with Crippen molar-refractivity contribution < 1.29 is 14.6 Å². The van der Waals surface area contributed by atoms with E-state index in [4.69, 9.17) is 4.74 Å². The fourth-order valence-corrected chi connectivity index (χ4v) is 2.89. The number of esters is 1. The van der Waals surface area contributed by atoms with Crippen molar-refractivity contribution in [3.8, 4) is 0 Å². The van der Waals surface area contributed by atoms with Gasteiger partial charge in [-0.3, -0.25) is 4.79 Å². The number of aromatic nitrogens is 2. The van der Waals surface area contributed by atoms with Gasteiger partial charge in [0.1, 0.15) is 5.82 Å². The average Bonchev–Trinajstić information content (AvgIpc) is 3.04. The van der Waals surface area contributed by atoms with Gasteiger partial charge in [-0.15, -0.1) is 0 Å². The van der Waals surface area contributed by atoms with E-state index in [9.17, 15) is 9.90 Å². The number of benzene rings is 2. The first-order chi connectivity index (χ1) is 12.2. The Morgan fingerprint density at radius 3 is 2.72 bits per heavy atom. The average molecular weight is 338 g/mol. The lowest BCUT2D eigenvalue weighted by atomic mass is 10.1. The summed E-state index contributed by atoms with van der Waals surface area (Å²) in [6.07, 6.45) is 0.681. The Morgan fingerprint density at radius 2 is 1.96 bits per heavy atom. The molecule has 0 fully saturated rings. The summed E-state index contributed by atoms with van der Waals surface area (Å²) in [7, 11) is 0. The minimum atomic E-state index is -0.923. The highest BCUT2D eigenvalue weighted by Crippen LogP contribution is 2.25.